The van der Waals surface area contributed by atoms with Crippen LogP contribution >= 0.6 is 0 Å². The normalized spacial score (nSPS) is 20.8. The monoisotopic (exact) mass is 255 g/mol. The van der Waals surface area contributed by atoms with E-state index in [-0.39, 0.29) is 0 Å². The van der Waals surface area contributed by atoms with E-state index in [1.807, 2.05) is 24.4 Å². The molecule has 0 bridgehead atoms. The number of hydrogen-bond acceptors (Lipinski definition) is 4. The smallest absolute Gasteiger partial charge is 0.0884 e. The van der Waals surface area contributed by atoms with Crippen molar-refractivity contribution < 1.29 is 5.21 Å². The summed E-state index contributed by atoms with van der Waals surface area (Å²) >= 11 is 0. The van der Waals surface area contributed by atoms with Crippen molar-refractivity contribution in [1.29, 1.82) is 0 Å². The molecule has 0 saturated carbocycles. The molecule has 0 unspecified atom stereocenters. The Balaban J connectivity index is 1.74. The lowest BCUT2D eigenvalue weighted by Crippen LogP contribution is -2.28. The van der Waals surface area contributed by atoms with Crippen molar-refractivity contribution in [3.05, 3.63) is 47.0 Å². The van der Waals surface area contributed by atoms with E-state index in [0.717, 1.165) is 43.6 Å². The van der Waals surface area contributed by atoms with Gasteiger partial charge in [0, 0.05) is 5.57 Å². The molecule has 0 fully saturated rings. The van der Waals surface area contributed by atoms with E-state index in [4.69, 9.17) is 5.21 Å². The maximum atomic E-state index is 9.01. The molecule has 19 heavy (non-hydrogen) atoms. The van der Waals surface area contributed by atoms with Crippen LogP contribution in [0.2, 0.25) is 0 Å². The number of nitrogens with zero attached hydrogens (tertiary/aromatic N) is 3. The summed E-state index contributed by atoms with van der Waals surface area (Å²) in [5.74, 6) is 0. The molecule has 0 aromatic heterocycles. The fraction of sp³-hybridized carbons (Fsp3) is 0.333. The fourth-order valence-corrected chi connectivity index (χ4v) is 2.67. The molecule has 98 valence electrons. The van der Waals surface area contributed by atoms with Crippen LogP contribution in [0.5, 0.6) is 0 Å². The van der Waals surface area contributed by atoms with Gasteiger partial charge in [0.25, 0.3) is 0 Å². The van der Waals surface area contributed by atoms with Crippen molar-refractivity contribution in [1.82, 2.24) is 5.01 Å². The van der Waals surface area contributed by atoms with Gasteiger partial charge in [-0.1, -0.05) is 35.5 Å². The van der Waals surface area contributed by atoms with E-state index in [2.05, 4.69) is 27.4 Å². The van der Waals surface area contributed by atoms with Crippen molar-refractivity contribution in [3.63, 3.8) is 0 Å². The van der Waals surface area contributed by atoms with Gasteiger partial charge in [0.05, 0.1) is 25.0 Å². The molecule has 1 aliphatic heterocycles. The standard InChI is InChI=1S/C15H17N3O/c19-17-15-8-4-7-13-11-18(16-9-14(13)15)10-12-5-2-1-3-6-12/h1-3,5-6,9,19H,4,7-8,10-11H2/b17-15+. The van der Waals surface area contributed by atoms with E-state index in [9.17, 15) is 0 Å². The van der Waals surface area contributed by atoms with Crippen molar-refractivity contribution in [3.8, 4) is 0 Å². The quantitative estimate of drug-likeness (QED) is 0.652. The predicted molar refractivity (Wildman–Crippen MR) is 75.4 cm³/mol. The van der Waals surface area contributed by atoms with Gasteiger partial charge in [0.1, 0.15) is 0 Å². The minimum atomic E-state index is 0.782. The van der Waals surface area contributed by atoms with Crippen LogP contribution in [0.25, 0.3) is 0 Å². The fourth-order valence-electron chi connectivity index (χ4n) is 2.67. The van der Waals surface area contributed by atoms with Gasteiger partial charge in [0.2, 0.25) is 0 Å². The number of hydrazone groups is 1. The van der Waals surface area contributed by atoms with Crippen molar-refractivity contribution >= 4 is 11.9 Å². The first-order chi connectivity index (χ1) is 9.36. The lowest BCUT2D eigenvalue weighted by molar-refractivity contribution is 0.296. The van der Waals surface area contributed by atoms with Gasteiger partial charge >= 0.3 is 0 Å². The third-order valence-electron chi connectivity index (χ3n) is 3.64. The molecule has 0 spiro atoms. The summed E-state index contributed by atoms with van der Waals surface area (Å²) in [6.45, 7) is 1.65. The van der Waals surface area contributed by atoms with E-state index >= 15 is 0 Å². The average molecular weight is 255 g/mol. The summed E-state index contributed by atoms with van der Waals surface area (Å²) < 4.78 is 0. The molecular weight excluding hydrogens is 238 g/mol. The van der Waals surface area contributed by atoms with Crippen LogP contribution in [0.1, 0.15) is 24.8 Å². The highest BCUT2D eigenvalue weighted by atomic mass is 16.4. The van der Waals surface area contributed by atoms with Crippen LogP contribution in [0.4, 0.5) is 0 Å². The summed E-state index contributed by atoms with van der Waals surface area (Å²) in [6, 6.07) is 10.3. The topological polar surface area (TPSA) is 48.2 Å². The minimum absolute atomic E-state index is 0.782. The molecule has 3 rings (SSSR count). The lowest BCUT2D eigenvalue weighted by Gasteiger charge is -2.29. The molecule has 0 saturated heterocycles. The Morgan fingerprint density at radius 1 is 1.21 bits per heavy atom. The largest absolute Gasteiger partial charge is 0.411 e. The second kappa shape index (κ2) is 5.26. The molecule has 4 heteroatoms. The zero-order valence-electron chi connectivity index (χ0n) is 10.8. The molecule has 0 atom stereocenters. The molecule has 2 aliphatic rings. The molecule has 1 aromatic carbocycles. The van der Waals surface area contributed by atoms with Gasteiger partial charge < -0.3 is 5.21 Å². The highest BCUT2D eigenvalue weighted by Crippen LogP contribution is 2.26. The van der Waals surface area contributed by atoms with Crippen LogP contribution in [0.3, 0.4) is 0 Å². The van der Waals surface area contributed by atoms with E-state index in [0.29, 0.717) is 0 Å². The molecule has 1 aromatic rings. The summed E-state index contributed by atoms with van der Waals surface area (Å²) in [5.41, 5.74) is 4.42. The van der Waals surface area contributed by atoms with Gasteiger partial charge in [-0.05, 0) is 30.4 Å². The highest BCUT2D eigenvalue weighted by molar-refractivity contribution is 6.17. The second-order valence-electron chi connectivity index (χ2n) is 4.97. The third kappa shape index (κ3) is 2.52. The first-order valence-electron chi connectivity index (χ1n) is 6.63. The van der Waals surface area contributed by atoms with Crippen LogP contribution in [0, 0.1) is 0 Å². The molecule has 1 aliphatic carbocycles. The van der Waals surface area contributed by atoms with Gasteiger partial charge in [0.15, 0.2) is 0 Å². The minimum Gasteiger partial charge on any atom is -0.411 e. The van der Waals surface area contributed by atoms with Crippen molar-refractivity contribution in [2.24, 2.45) is 10.3 Å². The van der Waals surface area contributed by atoms with E-state index in [1.165, 1.54) is 11.1 Å². The third-order valence-corrected chi connectivity index (χ3v) is 3.64. The molecule has 0 radical (unpaired) electrons. The van der Waals surface area contributed by atoms with E-state index in [1.54, 1.807) is 0 Å². The number of oxime groups is 1. The van der Waals surface area contributed by atoms with Crippen molar-refractivity contribution in [2.75, 3.05) is 6.54 Å². The zero-order valence-corrected chi connectivity index (χ0v) is 10.8. The Hall–Kier alpha value is -2.10. The van der Waals surface area contributed by atoms with Crippen LogP contribution < -0.4 is 0 Å². The van der Waals surface area contributed by atoms with E-state index < -0.39 is 0 Å². The van der Waals surface area contributed by atoms with Crippen LogP contribution in [-0.4, -0.2) is 28.7 Å². The predicted octanol–water partition coefficient (Wildman–Crippen LogP) is 2.80. The second-order valence-corrected chi connectivity index (χ2v) is 4.97. The van der Waals surface area contributed by atoms with Gasteiger partial charge in [-0.3, -0.25) is 5.01 Å². The average Bonchev–Trinajstić information content (AvgIpc) is 2.47. The number of benzene rings is 1. The maximum Gasteiger partial charge on any atom is 0.0884 e. The van der Waals surface area contributed by atoms with Gasteiger partial charge in [-0.2, -0.15) is 5.10 Å². The summed E-state index contributed by atoms with van der Waals surface area (Å²) in [7, 11) is 0. The zero-order chi connectivity index (χ0) is 13.1. The van der Waals surface area contributed by atoms with Gasteiger partial charge in [-0.15, -0.1) is 0 Å². The lowest BCUT2D eigenvalue weighted by atomic mass is 9.90. The first kappa shape index (κ1) is 12.0. The summed E-state index contributed by atoms with van der Waals surface area (Å²) in [5, 5.41) is 18.9. The first-order valence-corrected chi connectivity index (χ1v) is 6.63. The Morgan fingerprint density at radius 3 is 2.84 bits per heavy atom. The Morgan fingerprint density at radius 2 is 2.05 bits per heavy atom. The molecular formula is C15H17N3O. The molecule has 1 heterocycles. The number of allylic oxidation sites excluding steroid dienone is 1. The number of rotatable bonds is 2. The molecule has 4 nitrogen and oxygen atoms in total. The Labute approximate surface area is 112 Å². The SMILES string of the molecule is O/N=C1\CCCC2=C1C=NN(Cc1ccccc1)C2. The van der Waals surface area contributed by atoms with Crippen molar-refractivity contribution in [2.45, 2.75) is 25.8 Å². The van der Waals surface area contributed by atoms with Gasteiger partial charge in [-0.25, -0.2) is 0 Å². The highest BCUT2D eigenvalue weighted by Gasteiger charge is 2.22. The Bertz CT molecular complexity index is 546. The summed E-state index contributed by atoms with van der Waals surface area (Å²) in [4.78, 5) is 0. The Kier molecular flexibility index (Phi) is 3.31. The maximum absolute atomic E-state index is 9.01. The van der Waals surface area contributed by atoms with Crippen LogP contribution in [-0.2, 0) is 6.54 Å². The number of hydrogen-bond donors (Lipinski definition) is 1. The molecule has 1 N–H and O–H groups in total. The molecule has 0 amide bonds. The summed E-state index contributed by atoms with van der Waals surface area (Å²) in [6.07, 6.45) is 4.83. The van der Waals surface area contributed by atoms with Crippen LogP contribution in [0.15, 0.2) is 51.7 Å².